The Labute approximate surface area is 122 Å². The second-order valence-electron chi connectivity index (χ2n) is 5.29. The molecule has 100 valence electrons. The van der Waals surface area contributed by atoms with Crippen molar-refractivity contribution in [1.82, 2.24) is 4.98 Å². The smallest absolute Gasteiger partial charge is 0.180 e. The highest BCUT2D eigenvalue weighted by Gasteiger charge is 2.28. The van der Waals surface area contributed by atoms with Crippen LogP contribution in [-0.2, 0) is 6.42 Å². The highest BCUT2D eigenvalue weighted by atomic mass is 35.5. The first-order valence-corrected chi connectivity index (χ1v) is 7.77. The van der Waals surface area contributed by atoms with Crippen LogP contribution in [0.15, 0.2) is 12.1 Å². The van der Waals surface area contributed by atoms with E-state index in [1.807, 2.05) is 0 Å². The number of thiazole rings is 1. The maximum Gasteiger partial charge on any atom is 0.180 e. The van der Waals surface area contributed by atoms with Gasteiger partial charge in [0.25, 0.3) is 0 Å². The van der Waals surface area contributed by atoms with Crippen molar-refractivity contribution in [2.75, 3.05) is 5.73 Å². The molecule has 1 heterocycles. The molecule has 2 aromatic rings. The van der Waals surface area contributed by atoms with Crippen LogP contribution in [0.25, 0.3) is 0 Å². The normalized spacial score (nSPS) is 18.4. The van der Waals surface area contributed by atoms with E-state index in [0.717, 1.165) is 24.3 Å². The van der Waals surface area contributed by atoms with E-state index < -0.39 is 0 Å². The van der Waals surface area contributed by atoms with Gasteiger partial charge in [-0.1, -0.05) is 17.7 Å². The minimum absolute atomic E-state index is 0.367. The predicted molar refractivity (Wildman–Crippen MR) is 82.2 cm³/mol. The van der Waals surface area contributed by atoms with Gasteiger partial charge in [-0.3, -0.25) is 0 Å². The molecule has 1 unspecified atom stereocenters. The van der Waals surface area contributed by atoms with E-state index >= 15 is 0 Å². The van der Waals surface area contributed by atoms with Crippen molar-refractivity contribution in [3.05, 3.63) is 44.4 Å². The van der Waals surface area contributed by atoms with Gasteiger partial charge in [0.05, 0.1) is 5.69 Å². The Morgan fingerprint density at radius 2 is 2.16 bits per heavy atom. The van der Waals surface area contributed by atoms with E-state index in [-0.39, 0.29) is 0 Å². The summed E-state index contributed by atoms with van der Waals surface area (Å²) in [5.74, 6) is 0.367. The Morgan fingerprint density at radius 3 is 2.89 bits per heavy atom. The third kappa shape index (κ3) is 2.26. The summed E-state index contributed by atoms with van der Waals surface area (Å²) in [4.78, 5) is 5.77. The maximum atomic E-state index is 6.49. The van der Waals surface area contributed by atoms with Gasteiger partial charge < -0.3 is 5.73 Å². The van der Waals surface area contributed by atoms with Gasteiger partial charge in [0.15, 0.2) is 5.13 Å². The first-order chi connectivity index (χ1) is 9.06. The lowest BCUT2D eigenvalue weighted by atomic mass is 9.83. The van der Waals surface area contributed by atoms with Crippen LogP contribution in [0.2, 0.25) is 5.02 Å². The van der Waals surface area contributed by atoms with Gasteiger partial charge in [0.1, 0.15) is 0 Å². The molecule has 2 nitrogen and oxygen atoms in total. The molecule has 0 saturated heterocycles. The van der Waals surface area contributed by atoms with Crippen molar-refractivity contribution in [3.8, 4) is 0 Å². The van der Waals surface area contributed by atoms with Crippen LogP contribution in [0.3, 0.4) is 0 Å². The standard InChI is InChI=1S/C15H17ClN2S/c1-8-6-9(2)13(11(16)7-8)10-4-3-5-12-14(10)19-15(17)18-12/h6-7,10H,3-5H2,1-2H3,(H2,17,18). The first kappa shape index (κ1) is 12.9. The minimum Gasteiger partial charge on any atom is -0.375 e. The Kier molecular flexibility index (Phi) is 3.27. The maximum absolute atomic E-state index is 6.49. The van der Waals surface area contributed by atoms with E-state index in [2.05, 4.69) is 31.0 Å². The second-order valence-corrected chi connectivity index (χ2v) is 6.75. The van der Waals surface area contributed by atoms with E-state index in [0.29, 0.717) is 11.0 Å². The van der Waals surface area contributed by atoms with Crippen LogP contribution in [0.4, 0.5) is 5.13 Å². The molecule has 4 heteroatoms. The number of benzene rings is 1. The lowest BCUT2D eigenvalue weighted by Gasteiger charge is -2.24. The number of hydrogen-bond acceptors (Lipinski definition) is 3. The van der Waals surface area contributed by atoms with E-state index in [1.165, 1.54) is 27.3 Å². The van der Waals surface area contributed by atoms with Crippen LogP contribution in [0.1, 0.15) is 46.0 Å². The quantitative estimate of drug-likeness (QED) is 0.842. The van der Waals surface area contributed by atoms with Crippen molar-refractivity contribution < 1.29 is 0 Å². The molecule has 0 fully saturated rings. The Balaban J connectivity index is 2.14. The molecule has 0 saturated carbocycles. The van der Waals surface area contributed by atoms with Gasteiger partial charge in [-0.25, -0.2) is 4.98 Å². The third-order valence-corrected chi connectivity index (χ3v) is 5.15. The minimum atomic E-state index is 0.367. The average Bonchev–Trinajstić information content (AvgIpc) is 2.68. The van der Waals surface area contributed by atoms with Crippen LogP contribution < -0.4 is 5.73 Å². The monoisotopic (exact) mass is 292 g/mol. The number of aryl methyl sites for hydroxylation is 3. The number of nitrogens with zero attached hydrogens (tertiary/aromatic N) is 1. The molecule has 0 radical (unpaired) electrons. The molecular weight excluding hydrogens is 276 g/mol. The number of hydrogen-bond donors (Lipinski definition) is 1. The van der Waals surface area contributed by atoms with Gasteiger partial charge in [-0.2, -0.15) is 0 Å². The summed E-state index contributed by atoms with van der Waals surface area (Å²) >= 11 is 8.12. The topological polar surface area (TPSA) is 38.9 Å². The SMILES string of the molecule is Cc1cc(C)c(C2CCCc3nc(N)sc32)c(Cl)c1. The highest BCUT2D eigenvalue weighted by Crippen LogP contribution is 2.44. The molecule has 0 bridgehead atoms. The number of halogens is 1. The van der Waals surface area contributed by atoms with Crippen molar-refractivity contribution in [3.63, 3.8) is 0 Å². The molecule has 0 aliphatic heterocycles. The molecule has 0 amide bonds. The van der Waals surface area contributed by atoms with Crippen LogP contribution in [-0.4, -0.2) is 4.98 Å². The molecule has 1 aliphatic rings. The average molecular weight is 293 g/mol. The number of fused-ring (bicyclic) bond motifs is 1. The number of aromatic nitrogens is 1. The van der Waals surface area contributed by atoms with Crippen LogP contribution >= 0.6 is 22.9 Å². The molecule has 3 rings (SSSR count). The summed E-state index contributed by atoms with van der Waals surface area (Å²) in [7, 11) is 0. The summed E-state index contributed by atoms with van der Waals surface area (Å²) in [6.07, 6.45) is 3.34. The van der Waals surface area contributed by atoms with Crippen molar-refractivity contribution in [2.45, 2.75) is 39.0 Å². The summed E-state index contributed by atoms with van der Waals surface area (Å²) < 4.78 is 0. The van der Waals surface area contributed by atoms with Gasteiger partial charge in [0.2, 0.25) is 0 Å². The van der Waals surface area contributed by atoms with Crippen molar-refractivity contribution in [1.29, 1.82) is 0 Å². The fourth-order valence-electron chi connectivity index (χ4n) is 3.08. The predicted octanol–water partition coefficient (Wildman–Crippen LogP) is 4.46. The van der Waals surface area contributed by atoms with Crippen LogP contribution in [0, 0.1) is 13.8 Å². The molecule has 1 aromatic heterocycles. The van der Waals surface area contributed by atoms with Gasteiger partial charge in [-0.15, -0.1) is 11.3 Å². The van der Waals surface area contributed by atoms with Crippen molar-refractivity contribution >= 4 is 28.1 Å². The molecule has 19 heavy (non-hydrogen) atoms. The van der Waals surface area contributed by atoms with Gasteiger partial charge in [-0.05, 0) is 55.9 Å². The zero-order valence-corrected chi connectivity index (χ0v) is 12.7. The number of anilines is 1. The van der Waals surface area contributed by atoms with Crippen LogP contribution in [0.5, 0.6) is 0 Å². The number of rotatable bonds is 1. The zero-order valence-electron chi connectivity index (χ0n) is 11.2. The Bertz CT molecular complexity index is 610. The Hall–Kier alpha value is -1.06. The van der Waals surface area contributed by atoms with Gasteiger partial charge in [0, 0.05) is 15.8 Å². The van der Waals surface area contributed by atoms with E-state index in [4.69, 9.17) is 17.3 Å². The number of nitrogen functional groups attached to an aromatic ring is 1. The second kappa shape index (κ2) is 4.80. The van der Waals surface area contributed by atoms with E-state index in [9.17, 15) is 0 Å². The number of nitrogens with two attached hydrogens (primary N) is 1. The fourth-order valence-corrected chi connectivity index (χ4v) is 4.56. The van der Waals surface area contributed by atoms with E-state index in [1.54, 1.807) is 11.3 Å². The summed E-state index contributed by atoms with van der Waals surface area (Å²) in [5, 5.41) is 1.56. The molecule has 1 atom stereocenters. The molecule has 2 N–H and O–H groups in total. The highest BCUT2D eigenvalue weighted by molar-refractivity contribution is 7.15. The molecular formula is C15H17ClN2S. The lowest BCUT2D eigenvalue weighted by Crippen LogP contribution is -2.11. The third-order valence-electron chi connectivity index (χ3n) is 3.80. The lowest BCUT2D eigenvalue weighted by molar-refractivity contribution is 0.615. The molecule has 1 aliphatic carbocycles. The molecule has 0 spiro atoms. The molecule has 1 aromatic carbocycles. The van der Waals surface area contributed by atoms with Gasteiger partial charge >= 0.3 is 0 Å². The summed E-state index contributed by atoms with van der Waals surface area (Å²) in [5.41, 5.74) is 10.8. The summed E-state index contributed by atoms with van der Waals surface area (Å²) in [6.45, 7) is 4.23. The Morgan fingerprint density at radius 1 is 1.37 bits per heavy atom. The first-order valence-electron chi connectivity index (χ1n) is 6.58. The largest absolute Gasteiger partial charge is 0.375 e. The zero-order chi connectivity index (χ0) is 13.6. The van der Waals surface area contributed by atoms with Crippen molar-refractivity contribution in [2.24, 2.45) is 0 Å². The summed E-state index contributed by atoms with van der Waals surface area (Å²) in [6, 6.07) is 4.27. The fraction of sp³-hybridized carbons (Fsp3) is 0.400.